The van der Waals surface area contributed by atoms with E-state index in [0.29, 0.717) is 26.1 Å². The predicted octanol–water partition coefficient (Wildman–Crippen LogP) is 3.19. The Morgan fingerprint density at radius 3 is 2.82 bits per heavy atom. The molecule has 0 spiro atoms. The number of aryl methyl sites for hydroxylation is 1. The molecule has 0 N–H and O–H groups in total. The van der Waals surface area contributed by atoms with E-state index in [4.69, 9.17) is 0 Å². The molecule has 1 fully saturated rings. The summed E-state index contributed by atoms with van der Waals surface area (Å²) in [5, 5.41) is 4.51. The van der Waals surface area contributed by atoms with Crippen molar-refractivity contribution in [2.24, 2.45) is 0 Å². The SMILES string of the molecule is Cc1nc(N2CCC(F)C2)ccc1-c1cc2n(n1)C(=O)N(c1cccnc1)C2. The van der Waals surface area contributed by atoms with Gasteiger partial charge in [-0.15, -0.1) is 0 Å². The van der Waals surface area contributed by atoms with Gasteiger partial charge in [-0.1, -0.05) is 0 Å². The molecule has 1 saturated heterocycles. The number of anilines is 2. The van der Waals surface area contributed by atoms with Crippen molar-refractivity contribution in [2.45, 2.75) is 26.1 Å². The number of amides is 1. The quantitative estimate of drug-likeness (QED) is 0.700. The Kier molecular flexibility index (Phi) is 3.85. The summed E-state index contributed by atoms with van der Waals surface area (Å²) < 4.78 is 14.9. The molecular weight excluding hydrogens is 359 g/mol. The molecule has 5 heterocycles. The molecule has 0 aromatic carbocycles. The van der Waals surface area contributed by atoms with E-state index in [9.17, 15) is 9.18 Å². The van der Waals surface area contributed by atoms with Crippen LogP contribution in [0.3, 0.4) is 0 Å². The minimum Gasteiger partial charge on any atom is -0.354 e. The summed E-state index contributed by atoms with van der Waals surface area (Å²) in [7, 11) is 0. The van der Waals surface area contributed by atoms with Crippen LogP contribution in [0.5, 0.6) is 0 Å². The third-order valence-corrected chi connectivity index (χ3v) is 5.27. The molecule has 1 unspecified atom stereocenters. The highest BCUT2D eigenvalue weighted by Crippen LogP contribution is 2.30. The van der Waals surface area contributed by atoms with E-state index in [-0.39, 0.29) is 6.03 Å². The van der Waals surface area contributed by atoms with Gasteiger partial charge >= 0.3 is 6.03 Å². The number of nitrogens with zero attached hydrogens (tertiary/aromatic N) is 6. The van der Waals surface area contributed by atoms with Crippen molar-refractivity contribution in [3.05, 3.63) is 54.1 Å². The summed E-state index contributed by atoms with van der Waals surface area (Å²) in [4.78, 5) is 25.0. The van der Waals surface area contributed by atoms with Crippen molar-refractivity contribution in [3.8, 4) is 11.3 Å². The molecule has 3 aromatic rings. The van der Waals surface area contributed by atoms with Crippen LogP contribution >= 0.6 is 0 Å². The minimum atomic E-state index is -0.785. The molecule has 2 aliphatic heterocycles. The van der Waals surface area contributed by atoms with Gasteiger partial charge in [0.2, 0.25) is 0 Å². The lowest BCUT2D eigenvalue weighted by Crippen LogP contribution is -2.26. The third-order valence-electron chi connectivity index (χ3n) is 5.27. The first-order valence-electron chi connectivity index (χ1n) is 9.28. The first kappa shape index (κ1) is 16.9. The molecule has 8 heteroatoms. The number of halogens is 1. The van der Waals surface area contributed by atoms with Crippen LogP contribution in [-0.2, 0) is 6.54 Å². The lowest BCUT2D eigenvalue weighted by atomic mass is 10.1. The van der Waals surface area contributed by atoms with Gasteiger partial charge in [0, 0.05) is 24.0 Å². The van der Waals surface area contributed by atoms with Crippen LogP contribution in [-0.4, -0.2) is 45.0 Å². The summed E-state index contributed by atoms with van der Waals surface area (Å²) >= 11 is 0. The molecule has 5 rings (SSSR count). The molecular formula is C20H19FN6O. The van der Waals surface area contributed by atoms with Gasteiger partial charge in [-0.05, 0) is 43.7 Å². The van der Waals surface area contributed by atoms with Gasteiger partial charge in [0.25, 0.3) is 0 Å². The summed E-state index contributed by atoms with van der Waals surface area (Å²) in [5.74, 6) is 0.784. The van der Waals surface area contributed by atoms with Crippen molar-refractivity contribution in [2.75, 3.05) is 22.9 Å². The molecule has 0 aliphatic carbocycles. The van der Waals surface area contributed by atoms with Gasteiger partial charge in [0.05, 0.1) is 36.4 Å². The van der Waals surface area contributed by atoms with Gasteiger partial charge in [0.1, 0.15) is 12.0 Å². The van der Waals surface area contributed by atoms with Crippen molar-refractivity contribution in [1.29, 1.82) is 0 Å². The zero-order valence-electron chi connectivity index (χ0n) is 15.4. The zero-order valence-corrected chi connectivity index (χ0v) is 15.4. The third kappa shape index (κ3) is 2.72. The average molecular weight is 378 g/mol. The van der Waals surface area contributed by atoms with Crippen LogP contribution in [0.15, 0.2) is 42.7 Å². The van der Waals surface area contributed by atoms with Crippen LogP contribution in [0.1, 0.15) is 17.8 Å². The second-order valence-electron chi connectivity index (χ2n) is 7.15. The fourth-order valence-corrected chi connectivity index (χ4v) is 3.81. The summed E-state index contributed by atoms with van der Waals surface area (Å²) in [6.07, 6.45) is 3.10. The van der Waals surface area contributed by atoms with Gasteiger partial charge < -0.3 is 4.90 Å². The first-order chi connectivity index (χ1) is 13.6. The van der Waals surface area contributed by atoms with Crippen LogP contribution in [0, 0.1) is 6.92 Å². The normalized spacial score (nSPS) is 18.8. The van der Waals surface area contributed by atoms with E-state index >= 15 is 0 Å². The van der Waals surface area contributed by atoms with Crippen molar-refractivity contribution in [1.82, 2.24) is 19.7 Å². The molecule has 3 aromatic heterocycles. The zero-order chi connectivity index (χ0) is 19.3. The van der Waals surface area contributed by atoms with Crippen LogP contribution in [0.4, 0.5) is 20.7 Å². The Bertz CT molecular complexity index is 1050. The number of pyridine rings is 2. The van der Waals surface area contributed by atoms with E-state index in [2.05, 4.69) is 15.1 Å². The van der Waals surface area contributed by atoms with Crippen molar-refractivity contribution >= 4 is 17.5 Å². The molecule has 142 valence electrons. The topological polar surface area (TPSA) is 67.2 Å². The number of fused-ring (bicyclic) bond motifs is 1. The van der Waals surface area contributed by atoms with E-state index in [1.807, 2.05) is 36.1 Å². The molecule has 1 amide bonds. The summed E-state index contributed by atoms with van der Waals surface area (Å²) in [5.41, 5.74) is 3.98. The Hall–Kier alpha value is -3.29. The maximum Gasteiger partial charge on any atom is 0.349 e. The number of carbonyl (C=O) groups is 1. The fourth-order valence-electron chi connectivity index (χ4n) is 3.81. The van der Waals surface area contributed by atoms with Crippen molar-refractivity contribution in [3.63, 3.8) is 0 Å². The maximum absolute atomic E-state index is 13.5. The number of hydrogen-bond donors (Lipinski definition) is 0. The van der Waals surface area contributed by atoms with E-state index in [1.54, 1.807) is 23.4 Å². The van der Waals surface area contributed by atoms with E-state index in [1.165, 1.54) is 4.68 Å². The number of carbonyl (C=O) groups excluding carboxylic acids is 1. The lowest BCUT2D eigenvalue weighted by molar-refractivity contribution is 0.248. The van der Waals surface area contributed by atoms with E-state index in [0.717, 1.165) is 34.2 Å². The molecule has 1 atom stereocenters. The average Bonchev–Trinajstić information content (AvgIpc) is 3.39. The maximum atomic E-state index is 13.5. The summed E-state index contributed by atoms with van der Waals surface area (Å²) in [6, 6.07) is 9.23. The summed E-state index contributed by atoms with van der Waals surface area (Å²) in [6.45, 7) is 3.44. The smallest absolute Gasteiger partial charge is 0.349 e. The first-order valence-corrected chi connectivity index (χ1v) is 9.28. The van der Waals surface area contributed by atoms with Crippen LogP contribution in [0.2, 0.25) is 0 Å². The second-order valence-corrected chi connectivity index (χ2v) is 7.15. The van der Waals surface area contributed by atoms with Gasteiger partial charge in [-0.25, -0.2) is 14.2 Å². The van der Waals surface area contributed by atoms with Crippen molar-refractivity contribution < 1.29 is 9.18 Å². The lowest BCUT2D eigenvalue weighted by Gasteiger charge is -2.17. The Labute approximate surface area is 161 Å². The molecule has 2 aliphatic rings. The number of hydrogen-bond acceptors (Lipinski definition) is 5. The highest BCUT2D eigenvalue weighted by Gasteiger charge is 2.31. The van der Waals surface area contributed by atoms with Gasteiger partial charge in [-0.3, -0.25) is 9.88 Å². The van der Waals surface area contributed by atoms with Gasteiger partial charge in [-0.2, -0.15) is 9.78 Å². The second kappa shape index (κ2) is 6.40. The number of rotatable bonds is 3. The minimum absolute atomic E-state index is 0.192. The number of alkyl halides is 1. The Morgan fingerprint density at radius 1 is 1.25 bits per heavy atom. The number of aromatic nitrogens is 4. The molecule has 28 heavy (non-hydrogen) atoms. The molecule has 0 saturated carbocycles. The standard InChI is InChI=1S/C20H19FN6O/c1-13-17(4-5-19(23-13)25-8-6-14(21)11-25)18-9-16-12-26(20(28)27(16)24-18)15-3-2-7-22-10-15/h2-5,7,9-10,14H,6,8,11-12H2,1H3. The highest BCUT2D eigenvalue weighted by molar-refractivity contribution is 5.96. The van der Waals surface area contributed by atoms with Crippen LogP contribution in [0.25, 0.3) is 11.3 Å². The molecule has 0 bridgehead atoms. The monoisotopic (exact) mass is 378 g/mol. The van der Waals surface area contributed by atoms with E-state index < -0.39 is 6.17 Å². The van der Waals surface area contributed by atoms with Gasteiger partial charge in [0.15, 0.2) is 0 Å². The van der Waals surface area contributed by atoms with Crippen LogP contribution < -0.4 is 9.80 Å². The largest absolute Gasteiger partial charge is 0.354 e. The Balaban J connectivity index is 1.41. The highest BCUT2D eigenvalue weighted by atomic mass is 19.1. The fraction of sp³-hybridized carbons (Fsp3) is 0.300. The Morgan fingerprint density at radius 2 is 2.14 bits per heavy atom. The molecule has 7 nitrogen and oxygen atoms in total. The molecule has 0 radical (unpaired) electrons. The predicted molar refractivity (Wildman–Crippen MR) is 103 cm³/mol.